The molecule has 0 bridgehead atoms. The van der Waals surface area contributed by atoms with Gasteiger partial charge in [-0.25, -0.2) is 0 Å². The average Bonchev–Trinajstić information content (AvgIpc) is 1.81. The first-order chi connectivity index (χ1) is 3.91. The molecule has 0 amide bonds. The average molecular weight is 258 g/mol. The third-order valence-corrected chi connectivity index (χ3v) is 1.46. The van der Waals surface area contributed by atoms with Gasteiger partial charge < -0.3 is 0 Å². The first kappa shape index (κ1) is 13.0. The van der Waals surface area contributed by atoms with E-state index in [2.05, 4.69) is 13.8 Å². The summed E-state index contributed by atoms with van der Waals surface area (Å²) in [6.45, 7) is 4.51. The van der Waals surface area contributed by atoms with Gasteiger partial charge in [0, 0.05) is 40.8 Å². The number of rotatable bonds is 5. The van der Waals surface area contributed by atoms with Crippen molar-refractivity contribution in [3.8, 4) is 0 Å². The standard InChI is InChI=1S/C8H18.Nd/c1-3-5-7-8-6-4-2;/h3-8H2,1-2H3;. The van der Waals surface area contributed by atoms with E-state index < -0.39 is 0 Å². The summed E-state index contributed by atoms with van der Waals surface area (Å²) in [6, 6.07) is 0. The van der Waals surface area contributed by atoms with Crippen LogP contribution in [0.5, 0.6) is 0 Å². The number of hydrogen-bond acceptors (Lipinski definition) is 0. The first-order valence-electron chi connectivity index (χ1n) is 3.91. The molecule has 0 spiro atoms. The minimum atomic E-state index is 0. The van der Waals surface area contributed by atoms with Crippen LogP contribution < -0.4 is 0 Å². The molecule has 0 saturated heterocycles. The summed E-state index contributed by atoms with van der Waals surface area (Å²) in [7, 11) is 0. The van der Waals surface area contributed by atoms with E-state index >= 15 is 0 Å². The van der Waals surface area contributed by atoms with E-state index in [9.17, 15) is 0 Å². The number of unbranched alkanes of at least 4 members (excludes halogenated alkanes) is 5. The van der Waals surface area contributed by atoms with Gasteiger partial charge in [-0.15, -0.1) is 0 Å². The molecule has 0 rings (SSSR count). The van der Waals surface area contributed by atoms with Gasteiger partial charge >= 0.3 is 0 Å². The Morgan fingerprint density at radius 1 is 0.667 bits per heavy atom. The molecule has 1 heteroatoms. The third-order valence-electron chi connectivity index (χ3n) is 1.46. The largest absolute Gasteiger partial charge is 0.0654 e. The SMILES string of the molecule is CCCCCCCC.[Nd]. The monoisotopic (exact) mass is 256 g/mol. The van der Waals surface area contributed by atoms with Crippen LogP contribution in [0.3, 0.4) is 0 Å². The fourth-order valence-electron chi connectivity index (χ4n) is 0.854. The van der Waals surface area contributed by atoms with E-state index in [0.717, 1.165) is 0 Å². The second-order valence-electron chi connectivity index (χ2n) is 2.41. The van der Waals surface area contributed by atoms with E-state index in [1.54, 1.807) is 0 Å². The van der Waals surface area contributed by atoms with Crippen molar-refractivity contribution < 1.29 is 40.8 Å². The van der Waals surface area contributed by atoms with E-state index in [-0.39, 0.29) is 40.8 Å². The van der Waals surface area contributed by atoms with E-state index in [0.29, 0.717) is 0 Å². The summed E-state index contributed by atoms with van der Waals surface area (Å²) < 4.78 is 0. The third kappa shape index (κ3) is 12.5. The second kappa shape index (κ2) is 12.1. The zero-order chi connectivity index (χ0) is 6.24. The summed E-state index contributed by atoms with van der Waals surface area (Å²) in [5, 5.41) is 0. The van der Waals surface area contributed by atoms with Crippen molar-refractivity contribution in [3.05, 3.63) is 0 Å². The van der Waals surface area contributed by atoms with Crippen LogP contribution in [-0.4, -0.2) is 0 Å². The van der Waals surface area contributed by atoms with Crippen LogP contribution >= 0.6 is 0 Å². The van der Waals surface area contributed by atoms with Crippen molar-refractivity contribution in [3.63, 3.8) is 0 Å². The van der Waals surface area contributed by atoms with Crippen LogP contribution in [0.25, 0.3) is 0 Å². The van der Waals surface area contributed by atoms with Crippen LogP contribution in [0.4, 0.5) is 0 Å². The maximum absolute atomic E-state index is 2.26. The summed E-state index contributed by atoms with van der Waals surface area (Å²) in [4.78, 5) is 0. The molecule has 0 aliphatic heterocycles. The van der Waals surface area contributed by atoms with E-state index in [1.165, 1.54) is 38.5 Å². The Labute approximate surface area is 92.3 Å². The van der Waals surface area contributed by atoms with Crippen LogP contribution in [0.15, 0.2) is 0 Å². The zero-order valence-corrected chi connectivity index (χ0v) is 9.95. The van der Waals surface area contributed by atoms with Gasteiger partial charge in [-0.1, -0.05) is 52.4 Å². The Kier molecular flexibility index (Phi) is 17.4. The molecule has 0 unspecified atom stereocenters. The molecule has 0 N–H and O–H groups in total. The van der Waals surface area contributed by atoms with Crippen LogP contribution in [0.2, 0.25) is 0 Å². The molecule has 0 radical (unpaired) electrons. The van der Waals surface area contributed by atoms with Gasteiger partial charge in [0.1, 0.15) is 0 Å². The summed E-state index contributed by atoms with van der Waals surface area (Å²) >= 11 is 0. The molecule has 0 aromatic carbocycles. The fourth-order valence-corrected chi connectivity index (χ4v) is 0.854. The Morgan fingerprint density at radius 3 is 1.22 bits per heavy atom. The molecule has 0 nitrogen and oxygen atoms in total. The van der Waals surface area contributed by atoms with Crippen molar-refractivity contribution in [2.24, 2.45) is 0 Å². The molecule has 0 aliphatic rings. The molecular weight excluding hydrogens is 240 g/mol. The molecule has 0 aliphatic carbocycles. The summed E-state index contributed by atoms with van der Waals surface area (Å²) in [5.74, 6) is 0. The van der Waals surface area contributed by atoms with Crippen LogP contribution in [-0.2, 0) is 0 Å². The quantitative estimate of drug-likeness (QED) is 0.663. The zero-order valence-electron chi connectivity index (χ0n) is 6.74. The van der Waals surface area contributed by atoms with Crippen molar-refractivity contribution in [1.29, 1.82) is 0 Å². The molecule has 0 aromatic heterocycles. The fraction of sp³-hybridized carbons (Fsp3) is 1.00. The van der Waals surface area contributed by atoms with Crippen LogP contribution in [0, 0.1) is 40.8 Å². The Morgan fingerprint density at radius 2 is 1.00 bits per heavy atom. The Hall–Kier alpha value is 1.35. The van der Waals surface area contributed by atoms with Crippen LogP contribution in [0.1, 0.15) is 52.4 Å². The maximum Gasteiger partial charge on any atom is 0 e. The summed E-state index contributed by atoms with van der Waals surface area (Å²) in [5.41, 5.74) is 0. The molecule has 0 aromatic rings. The Bertz CT molecular complexity index is 29.5. The smallest absolute Gasteiger partial charge is 0 e. The van der Waals surface area contributed by atoms with Gasteiger partial charge in [-0.05, 0) is 0 Å². The normalized spacial score (nSPS) is 8.67. The molecule has 0 heterocycles. The van der Waals surface area contributed by atoms with Gasteiger partial charge in [0.25, 0.3) is 0 Å². The predicted molar refractivity (Wildman–Crippen MR) is 39.0 cm³/mol. The second-order valence-corrected chi connectivity index (χ2v) is 2.41. The maximum atomic E-state index is 2.26. The summed E-state index contributed by atoms with van der Waals surface area (Å²) in [6.07, 6.45) is 8.49. The number of hydrogen-bond donors (Lipinski definition) is 0. The minimum absolute atomic E-state index is 0. The molecule has 54 valence electrons. The minimum Gasteiger partial charge on any atom is -0.0654 e. The molecule has 0 atom stereocenters. The first-order valence-corrected chi connectivity index (χ1v) is 3.91. The molecule has 9 heavy (non-hydrogen) atoms. The van der Waals surface area contributed by atoms with Crippen molar-refractivity contribution in [2.45, 2.75) is 52.4 Å². The van der Waals surface area contributed by atoms with Gasteiger partial charge in [-0.2, -0.15) is 0 Å². The topological polar surface area (TPSA) is 0 Å². The molecular formula is C8H18Nd. The Balaban J connectivity index is 0. The van der Waals surface area contributed by atoms with Crippen molar-refractivity contribution >= 4 is 0 Å². The van der Waals surface area contributed by atoms with Crippen molar-refractivity contribution in [1.82, 2.24) is 0 Å². The van der Waals surface area contributed by atoms with Gasteiger partial charge in [-0.3, -0.25) is 0 Å². The molecule has 0 fully saturated rings. The van der Waals surface area contributed by atoms with Gasteiger partial charge in [0.2, 0.25) is 0 Å². The van der Waals surface area contributed by atoms with E-state index in [1.807, 2.05) is 0 Å². The van der Waals surface area contributed by atoms with Gasteiger partial charge in [0.15, 0.2) is 0 Å². The molecule has 0 saturated carbocycles. The van der Waals surface area contributed by atoms with Crippen molar-refractivity contribution in [2.75, 3.05) is 0 Å². The predicted octanol–water partition coefficient (Wildman–Crippen LogP) is 3.37. The van der Waals surface area contributed by atoms with Gasteiger partial charge in [0.05, 0.1) is 0 Å². The van der Waals surface area contributed by atoms with E-state index in [4.69, 9.17) is 0 Å².